The molecule has 0 rings (SSSR count). The molecule has 0 aromatic heterocycles. The minimum atomic E-state index is -0.0987. The van der Waals surface area contributed by atoms with Crippen molar-refractivity contribution in [3.05, 3.63) is 0 Å². The van der Waals surface area contributed by atoms with Crippen LogP contribution >= 0.6 is 0 Å². The molecule has 0 saturated carbocycles. The summed E-state index contributed by atoms with van der Waals surface area (Å²) in [5.74, 6) is 0.0806. The minimum absolute atomic E-state index is 0.0806. The van der Waals surface area contributed by atoms with Gasteiger partial charge in [0.15, 0.2) is 0 Å². The molecule has 0 fully saturated rings. The Labute approximate surface area is 93.4 Å². The lowest BCUT2D eigenvalue weighted by Crippen LogP contribution is -2.41. The summed E-state index contributed by atoms with van der Waals surface area (Å²) in [4.78, 5) is 13.7. The summed E-state index contributed by atoms with van der Waals surface area (Å²) >= 11 is 0. The van der Waals surface area contributed by atoms with Gasteiger partial charge in [-0.05, 0) is 40.0 Å². The van der Waals surface area contributed by atoms with E-state index in [1.807, 2.05) is 6.92 Å². The van der Waals surface area contributed by atoms with E-state index in [0.717, 1.165) is 32.6 Å². The zero-order chi connectivity index (χ0) is 11.7. The van der Waals surface area contributed by atoms with Gasteiger partial charge in [0, 0.05) is 6.54 Å². The van der Waals surface area contributed by atoms with Crippen molar-refractivity contribution < 1.29 is 4.79 Å². The van der Waals surface area contributed by atoms with Crippen molar-refractivity contribution in [2.24, 2.45) is 0 Å². The lowest BCUT2D eigenvalue weighted by molar-refractivity contribution is -0.122. The molecule has 90 valence electrons. The molecule has 0 aromatic rings. The molecule has 1 amide bonds. The van der Waals surface area contributed by atoms with Crippen molar-refractivity contribution in [3.8, 4) is 0 Å². The maximum atomic E-state index is 11.4. The van der Waals surface area contributed by atoms with E-state index in [2.05, 4.69) is 29.4 Å². The van der Waals surface area contributed by atoms with Gasteiger partial charge < -0.3 is 15.5 Å². The standard InChI is InChI=1S/C11H25N3O/c1-5-14(6-2)9-7-8-13-11(15)10(3)12-4/h10,12H,5-9H2,1-4H3,(H,13,15). The third kappa shape index (κ3) is 6.47. The molecule has 4 heteroatoms. The van der Waals surface area contributed by atoms with Crippen LogP contribution in [0.15, 0.2) is 0 Å². The summed E-state index contributed by atoms with van der Waals surface area (Å²) in [7, 11) is 1.79. The fraction of sp³-hybridized carbons (Fsp3) is 0.909. The van der Waals surface area contributed by atoms with E-state index in [-0.39, 0.29) is 11.9 Å². The van der Waals surface area contributed by atoms with E-state index in [0.29, 0.717) is 0 Å². The van der Waals surface area contributed by atoms with E-state index in [1.54, 1.807) is 7.05 Å². The molecule has 4 nitrogen and oxygen atoms in total. The molecule has 0 bridgehead atoms. The maximum Gasteiger partial charge on any atom is 0.236 e. The SMILES string of the molecule is CCN(CC)CCCNC(=O)C(C)NC. The molecule has 0 aliphatic heterocycles. The molecule has 1 atom stereocenters. The van der Waals surface area contributed by atoms with Crippen LogP contribution in [-0.4, -0.2) is 50.1 Å². The molecule has 2 N–H and O–H groups in total. The lowest BCUT2D eigenvalue weighted by atomic mass is 10.3. The highest BCUT2D eigenvalue weighted by Crippen LogP contribution is 1.89. The number of carbonyl (C=O) groups excluding carboxylic acids is 1. The van der Waals surface area contributed by atoms with Crippen LogP contribution in [0.25, 0.3) is 0 Å². The van der Waals surface area contributed by atoms with Crippen molar-refractivity contribution in [1.29, 1.82) is 0 Å². The number of hydrogen-bond donors (Lipinski definition) is 2. The topological polar surface area (TPSA) is 44.4 Å². The highest BCUT2D eigenvalue weighted by Gasteiger charge is 2.08. The van der Waals surface area contributed by atoms with Crippen LogP contribution in [0.3, 0.4) is 0 Å². The zero-order valence-electron chi connectivity index (χ0n) is 10.5. The van der Waals surface area contributed by atoms with Crippen molar-refractivity contribution in [3.63, 3.8) is 0 Å². The predicted molar refractivity (Wildman–Crippen MR) is 63.9 cm³/mol. The molecule has 0 aliphatic carbocycles. The van der Waals surface area contributed by atoms with Gasteiger partial charge in [-0.15, -0.1) is 0 Å². The van der Waals surface area contributed by atoms with Crippen LogP contribution in [-0.2, 0) is 4.79 Å². The average Bonchev–Trinajstić information content (AvgIpc) is 2.27. The highest BCUT2D eigenvalue weighted by molar-refractivity contribution is 5.81. The second kappa shape index (κ2) is 8.68. The van der Waals surface area contributed by atoms with Gasteiger partial charge in [-0.1, -0.05) is 13.8 Å². The Morgan fingerprint density at radius 3 is 2.40 bits per heavy atom. The first-order chi connectivity index (χ1) is 7.15. The Balaban J connectivity index is 3.49. The van der Waals surface area contributed by atoms with E-state index in [9.17, 15) is 4.79 Å². The maximum absolute atomic E-state index is 11.4. The number of nitrogens with one attached hydrogen (secondary N) is 2. The molecule has 0 heterocycles. The number of nitrogens with zero attached hydrogens (tertiary/aromatic N) is 1. The van der Waals surface area contributed by atoms with Gasteiger partial charge in [0.1, 0.15) is 0 Å². The number of hydrogen-bond acceptors (Lipinski definition) is 3. The Kier molecular flexibility index (Phi) is 8.33. The number of rotatable bonds is 8. The van der Waals surface area contributed by atoms with E-state index < -0.39 is 0 Å². The van der Waals surface area contributed by atoms with E-state index in [4.69, 9.17) is 0 Å². The van der Waals surface area contributed by atoms with Crippen LogP contribution in [0.4, 0.5) is 0 Å². The predicted octanol–water partition coefficient (Wildman–Crippen LogP) is 0.442. The van der Waals surface area contributed by atoms with E-state index >= 15 is 0 Å². The molecule has 15 heavy (non-hydrogen) atoms. The Hall–Kier alpha value is -0.610. The molecule has 1 unspecified atom stereocenters. The molecule has 0 spiro atoms. The van der Waals surface area contributed by atoms with Gasteiger partial charge in [0.05, 0.1) is 6.04 Å². The summed E-state index contributed by atoms with van der Waals surface area (Å²) in [6, 6.07) is -0.0987. The average molecular weight is 215 g/mol. The van der Waals surface area contributed by atoms with Crippen molar-refractivity contribution in [2.75, 3.05) is 33.2 Å². The normalized spacial score (nSPS) is 12.9. The van der Waals surface area contributed by atoms with Crippen molar-refractivity contribution in [2.45, 2.75) is 33.2 Å². The molecule has 0 saturated heterocycles. The number of carbonyl (C=O) groups is 1. The lowest BCUT2D eigenvalue weighted by Gasteiger charge is -2.18. The fourth-order valence-electron chi connectivity index (χ4n) is 1.34. The van der Waals surface area contributed by atoms with Crippen LogP contribution in [0.5, 0.6) is 0 Å². The van der Waals surface area contributed by atoms with Crippen LogP contribution in [0.2, 0.25) is 0 Å². The van der Waals surface area contributed by atoms with Gasteiger partial charge in [-0.3, -0.25) is 4.79 Å². The van der Waals surface area contributed by atoms with Crippen LogP contribution in [0.1, 0.15) is 27.2 Å². The zero-order valence-corrected chi connectivity index (χ0v) is 10.5. The van der Waals surface area contributed by atoms with Crippen molar-refractivity contribution in [1.82, 2.24) is 15.5 Å². The molecule has 0 aromatic carbocycles. The molecule has 0 radical (unpaired) electrons. The first-order valence-corrected chi connectivity index (χ1v) is 5.83. The van der Waals surface area contributed by atoms with Crippen LogP contribution < -0.4 is 10.6 Å². The largest absolute Gasteiger partial charge is 0.355 e. The van der Waals surface area contributed by atoms with Gasteiger partial charge >= 0.3 is 0 Å². The van der Waals surface area contributed by atoms with Gasteiger partial charge in [-0.25, -0.2) is 0 Å². The van der Waals surface area contributed by atoms with Gasteiger partial charge in [0.2, 0.25) is 5.91 Å². The van der Waals surface area contributed by atoms with Gasteiger partial charge in [0.25, 0.3) is 0 Å². The summed E-state index contributed by atoms with van der Waals surface area (Å²) in [6.07, 6.45) is 1.02. The fourth-order valence-corrected chi connectivity index (χ4v) is 1.34. The summed E-state index contributed by atoms with van der Waals surface area (Å²) in [6.45, 7) is 10.2. The summed E-state index contributed by atoms with van der Waals surface area (Å²) in [5.41, 5.74) is 0. The quantitative estimate of drug-likeness (QED) is 0.578. The molecule has 0 aliphatic rings. The highest BCUT2D eigenvalue weighted by atomic mass is 16.2. The molecular formula is C11H25N3O. The molecular weight excluding hydrogens is 190 g/mol. The number of amides is 1. The Morgan fingerprint density at radius 1 is 1.33 bits per heavy atom. The Morgan fingerprint density at radius 2 is 1.93 bits per heavy atom. The Bertz CT molecular complexity index is 169. The van der Waals surface area contributed by atoms with Gasteiger partial charge in [-0.2, -0.15) is 0 Å². The smallest absolute Gasteiger partial charge is 0.236 e. The first-order valence-electron chi connectivity index (χ1n) is 5.83. The second-order valence-electron chi connectivity index (χ2n) is 3.68. The summed E-state index contributed by atoms with van der Waals surface area (Å²) < 4.78 is 0. The van der Waals surface area contributed by atoms with Crippen LogP contribution in [0, 0.1) is 0 Å². The summed E-state index contributed by atoms with van der Waals surface area (Å²) in [5, 5.41) is 5.82. The minimum Gasteiger partial charge on any atom is -0.355 e. The second-order valence-corrected chi connectivity index (χ2v) is 3.68. The number of likely N-dealkylation sites (N-methyl/N-ethyl adjacent to an activating group) is 1. The third-order valence-corrected chi connectivity index (χ3v) is 2.67. The third-order valence-electron chi connectivity index (χ3n) is 2.67. The monoisotopic (exact) mass is 215 g/mol. The van der Waals surface area contributed by atoms with E-state index in [1.165, 1.54) is 0 Å². The first kappa shape index (κ1) is 14.4. The van der Waals surface area contributed by atoms with Crippen molar-refractivity contribution >= 4 is 5.91 Å².